The van der Waals surface area contributed by atoms with Gasteiger partial charge in [0.2, 0.25) is 5.88 Å². The molecule has 2 N–H and O–H groups in total. The zero-order valence-corrected chi connectivity index (χ0v) is 17.6. The van der Waals surface area contributed by atoms with Crippen molar-refractivity contribution in [2.24, 2.45) is 0 Å². The van der Waals surface area contributed by atoms with Gasteiger partial charge in [0, 0.05) is 32.4 Å². The van der Waals surface area contributed by atoms with Crippen molar-refractivity contribution in [3.8, 4) is 5.88 Å². The van der Waals surface area contributed by atoms with Crippen LogP contribution in [0.15, 0.2) is 36.7 Å². The minimum absolute atomic E-state index is 0. The maximum atomic E-state index is 12.8. The monoisotopic (exact) mass is 428 g/mol. The van der Waals surface area contributed by atoms with Crippen LogP contribution in [0.3, 0.4) is 0 Å². The Morgan fingerprint density at radius 1 is 1.20 bits per heavy atom. The van der Waals surface area contributed by atoms with Crippen molar-refractivity contribution >= 4 is 35.5 Å². The number of carbonyl (C=O) groups is 1. The van der Waals surface area contributed by atoms with Crippen LogP contribution in [0.4, 0.5) is 11.5 Å². The number of hydrogen-bond acceptors (Lipinski definition) is 6. The van der Waals surface area contributed by atoms with Crippen LogP contribution in [0.1, 0.15) is 28.9 Å². The van der Waals surface area contributed by atoms with Gasteiger partial charge in [0.1, 0.15) is 23.3 Å². The van der Waals surface area contributed by atoms with E-state index < -0.39 is 0 Å². The van der Waals surface area contributed by atoms with E-state index in [4.69, 9.17) is 4.74 Å². The highest BCUT2D eigenvalue weighted by atomic mass is 35.5. The van der Waals surface area contributed by atoms with Gasteiger partial charge in [0.05, 0.1) is 17.4 Å². The smallest absolute Gasteiger partial charge is 0.258 e. The van der Waals surface area contributed by atoms with Crippen molar-refractivity contribution in [1.29, 1.82) is 0 Å². The number of hydrogen-bond donors (Lipinski definition) is 2. The maximum absolute atomic E-state index is 12.8. The van der Waals surface area contributed by atoms with Crippen LogP contribution in [0.2, 0.25) is 0 Å². The Morgan fingerprint density at radius 3 is 2.70 bits per heavy atom. The van der Waals surface area contributed by atoms with Crippen LogP contribution < -0.4 is 20.3 Å². The molecule has 1 saturated heterocycles. The third-order valence-electron chi connectivity index (χ3n) is 5.27. The van der Waals surface area contributed by atoms with E-state index in [9.17, 15) is 4.79 Å². The predicted molar refractivity (Wildman–Crippen MR) is 118 cm³/mol. The number of pyridine rings is 2. The Labute approximate surface area is 181 Å². The zero-order valence-electron chi connectivity index (χ0n) is 16.8. The van der Waals surface area contributed by atoms with Crippen molar-refractivity contribution in [3.05, 3.63) is 47.9 Å². The van der Waals surface area contributed by atoms with Crippen molar-refractivity contribution in [1.82, 2.24) is 19.7 Å². The van der Waals surface area contributed by atoms with Crippen LogP contribution in [0, 0.1) is 6.92 Å². The van der Waals surface area contributed by atoms with Crippen molar-refractivity contribution < 1.29 is 9.53 Å². The number of aryl methyl sites for hydroxylation is 1. The second-order valence-electron chi connectivity index (χ2n) is 7.56. The van der Waals surface area contributed by atoms with Gasteiger partial charge in [-0.25, -0.2) is 9.97 Å². The Morgan fingerprint density at radius 2 is 2.00 bits per heavy atom. The molecule has 0 radical (unpaired) electrons. The summed E-state index contributed by atoms with van der Waals surface area (Å²) < 4.78 is 7.83. The first-order chi connectivity index (χ1) is 14.2. The Kier molecular flexibility index (Phi) is 5.78. The number of halogens is 1. The summed E-state index contributed by atoms with van der Waals surface area (Å²) in [5, 5.41) is 6.21. The number of carbonyl (C=O) groups excluding carboxylic acids is 1. The predicted octanol–water partition coefficient (Wildman–Crippen LogP) is 2.66. The van der Waals surface area contributed by atoms with Crippen LogP contribution >= 0.6 is 12.4 Å². The number of aromatic nitrogens is 3. The van der Waals surface area contributed by atoms with E-state index in [-0.39, 0.29) is 24.4 Å². The molecule has 0 unspecified atom stereocenters. The Balaban J connectivity index is 0.00000218. The molecule has 8 nitrogen and oxygen atoms in total. The van der Waals surface area contributed by atoms with Crippen molar-refractivity contribution in [2.75, 3.05) is 36.4 Å². The number of ether oxygens (including phenoxy) is 1. The third kappa shape index (κ3) is 4.20. The number of amides is 1. The standard InChI is InChI=1S/C21H24N6O2.ClH/c1-14-21(29-17-4-5-17)27-13-15(2-7-19(27)24-14)20(28)25-18-6-3-16(12-23-18)26-10-8-22-9-11-26;/h2-3,6-7,12-13,17,22H,4-5,8-11H2,1H3,(H,23,25,28);1H. The van der Waals surface area contributed by atoms with Gasteiger partial charge in [0.15, 0.2) is 0 Å². The topological polar surface area (TPSA) is 83.8 Å². The highest BCUT2D eigenvalue weighted by molar-refractivity contribution is 6.03. The average Bonchev–Trinajstić information content (AvgIpc) is 3.52. The largest absolute Gasteiger partial charge is 0.474 e. The number of piperazine rings is 1. The summed E-state index contributed by atoms with van der Waals surface area (Å²) in [7, 11) is 0. The highest BCUT2D eigenvalue weighted by Gasteiger charge is 2.26. The quantitative estimate of drug-likeness (QED) is 0.650. The summed E-state index contributed by atoms with van der Waals surface area (Å²) in [6.45, 7) is 5.79. The molecule has 5 rings (SSSR count). The highest BCUT2D eigenvalue weighted by Crippen LogP contribution is 2.30. The van der Waals surface area contributed by atoms with E-state index in [1.165, 1.54) is 0 Å². The lowest BCUT2D eigenvalue weighted by atomic mass is 10.2. The Bertz CT molecular complexity index is 1040. The van der Waals surface area contributed by atoms with E-state index in [1.54, 1.807) is 12.3 Å². The first-order valence-electron chi connectivity index (χ1n) is 10.1. The number of fused-ring (bicyclic) bond motifs is 1. The average molecular weight is 429 g/mol. The van der Waals surface area contributed by atoms with Crippen LogP contribution in [0.5, 0.6) is 5.88 Å². The number of nitrogens with zero attached hydrogens (tertiary/aromatic N) is 4. The lowest BCUT2D eigenvalue weighted by Crippen LogP contribution is -2.43. The molecule has 3 aromatic rings. The molecule has 30 heavy (non-hydrogen) atoms. The molecule has 0 aromatic carbocycles. The number of rotatable bonds is 5. The molecule has 158 valence electrons. The molecule has 1 aliphatic heterocycles. The lowest BCUT2D eigenvalue weighted by Gasteiger charge is -2.29. The summed E-state index contributed by atoms with van der Waals surface area (Å²) in [5.74, 6) is 1.04. The van der Waals surface area contributed by atoms with E-state index in [0.29, 0.717) is 11.4 Å². The summed E-state index contributed by atoms with van der Waals surface area (Å²) in [6, 6.07) is 7.45. The van der Waals surface area contributed by atoms with Gasteiger partial charge in [-0.2, -0.15) is 0 Å². The van der Waals surface area contributed by atoms with E-state index in [2.05, 4.69) is 25.5 Å². The fourth-order valence-corrected chi connectivity index (χ4v) is 3.52. The molecule has 0 bridgehead atoms. The van der Waals surface area contributed by atoms with Gasteiger partial charge in [-0.15, -0.1) is 12.4 Å². The van der Waals surface area contributed by atoms with Crippen molar-refractivity contribution in [2.45, 2.75) is 25.9 Å². The molecule has 1 amide bonds. The van der Waals surface area contributed by atoms with Gasteiger partial charge < -0.3 is 20.3 Å². The number of nitrogens with one attached hydrogen (secondary N) is 2. The molecule has 2 aliphatic rings. The maximum Gasteiger partial charge on any atom is 0.258 e. The molecule has 2 fully saturated rings. The fraction of sp³-hybridized carbons (Fsp3) is 0.381. The Hall–Kier alpha value is -2.84. The summed E-state index contributed by atoms with van der Waals surface area (Å²) in [6.07, 6.45) is 6.00. The fourth-order valence-electron chi connectivity index (χ4n) is 3.52. The van der Waals surface area contributed by atoms with Gasteiger partial charge in [0.25, 0.3) is 5.91 Å². The molecule has 3 aromatic heterocycles. The van der Waals surface area contributed by atoms with E-state index in [0.717, 1.165) is 61.9 Å². The number of imidazole rings is 1. The van der Waals surface area contributed by atoms with Crippen LogP contribution in [-0.4, -0.2) is 52.6 Å². The zero-order chi connectivity index (χ0) is 19.8. The van der Waals surface area contributed by atoms with Gasteiger partial charge >= 0.3 is 0 Å². The molecule has 1 saturated carbocycles. The molecule has 4 heterocycles. The first-order valence-corrected chi connectivity index (χ1v) is 10.1. The SMILES string of the molecule is Cc1nc2ccc(C(=O)Nc3ccc(N4CCNCC4)cn3)cn2c1OC1CC1.Cl. The van der Waals surface area contributed by atoms with Crippen LogP contribution in [0.25, 0.3) is 5.65 Å². The summed E-state index contributed by atoms with van der Waals surface area (Å²) >= 11 is 0. The molecule has 9 heteroatoms. The lowest BCUT2D eigenvalue weighted by molar-refractivity contribution is 0.102. The summed E-state index contributed by atoms with van der Waals surface area (Å²) in [5.41, 5.74) is 3.21. The minimum atomic E-state index is -0.210. The van der Waals surface area contributed by atoms with Crippen molar-refractivity contribution in [3.63, 3.8) is 0 Å². The van der Waals surface area contributed by atoms with Crippen LogP contribution in [-0.2, 0) is 0 Å². The second-order valence-corrected chi connectivity index (χ2v) is 7.56. The molecular formula is C21H25ClN6O2. The molecule has 1 aliphatic carbocycles. The van der Waals surface area contributed by atoms with Gasteiger partial charge in [-0.3, -0.25) is 9.20 Å². The normalized spacial score (nSPS) is 16.2. The molecule has 0 atom stereocenters. The minimum Gasteiger partial charge on any atom is -0.474 e. The summed E-state index contributed by atoms with van der Waals surface area (Å²) in [4.78, 5) is 24.0. The van der Waals surface area contributed by atoms with E-state index >= 15 is 0 Å². The third-order valence-corrected chi connectivity index (χ3v) is 5.27. The number of anilines is 2. The first kappa shape index (κ1) is 20.4. The van der Waals surface area contributed by atoms with Gasteiger partial charge in [-0.05, 0) is 44.0 Å². The van der Waals surface area contributed by atoms with E-state index in [1.807, 2.05) is 35.7 Å². The van der Waals surface area contributed by atoms with Gasteiger partial charge in [-0.1, -0.05) is 0 Å². The second kappa shape index (κ2) is 8.49. The molecule has 0 spiro atoms. The molecular weight excluding hydrogens is 404 g/mol.